The summed E-state index contributed by atoms with van der Waals surface area (Å²) in [5.41, 5.74) is 0.382. The highest BCUT2D eigenvalue weighted by atomic mass is 35.5. The molecule has 21 heavy (non-hydrogen) atoms. The SMILES string of the molecule is CCOC(=O)c1nnn(C(C)C(=O)NCCOC)c1CCl. The van der Waals surface area contributed by atoms with Gasteiger partial charge in [0.1, 0.15) is 6.04 Å². The second-order valence-corrected chi connectivity index (χ2v) is 4.41. The van der Waals surface area contributed by atoms with E-state index in [1.165, 1.54) is 4.68 Å². The van der Waals surface area contributed by atoms with Gasteiger partial charge in [-0.2, -0.15) is 0 Å². The van der Waals surface area contributed by atoms with Crippen LogP contribution in [0.25, 0.3) is 0 Å². The lowest BCUT2D eigenvalue weighted by Gasteiger charge is -2.14. The van der Waals surface area contributed by atoms with Crippen molar-refractivity contribution in [2.45, 2.75) is 25.8 Å². The molecular formula is C12H19ClN4O4. The van der Waals surface area contributed by atoms with E-state index in [1.807, 2.05) is 0 Å². The van der Waals surface area contributed by atoms with Crippen LogP contribution in [0.5, 0.6) is 0 Å². The molecule has 0 fully saturated rings. The van der Waals surface area contributed by atoms with Crippen LogP contribution in [-0.4, -0.2) is 53.7 Å². The van der Waals surface area contributed by atoms with Gasteiger partial charge in [0.05, 0.1) is 24.8 Å². The predicted octanol–water partition coefficient (Wildman–Crippen LogP) is 0.517. The van der Waals surface area contributed by atoms with Crippen molar-refractivity contribution in [3.8, 4) is 0 Å². The monoisotopic (exact) mass is 318 g/mol. The van der Waals surface area contributed by atoms with Gasteiger partial charge in [-0.3, -0.25) is 4.79 Å². The van der Waals surface area contributed by atoms with Gasteiger partial charge in [0, 0.05) is 13.7 Å². The van der Waals surface area contributed by atoms with Crippen LogP contribution in [0, 0.1) is 0 Å². The Bertz CT molecular complexity index is 492. The van der Waals surface area contributed by atoms with Crippen molar-refractivity contribution in [1.29, 1.82) is 0 Å². The maximum absolute atomic E-state index is 12.0. The van der Waals surface area contributed by atoms with Crippen molar-refractivity contribution in [2.75, 3.05) is 26.9 Å². The number of halogens is 1. The van der Waals surface area contributed by atoms with Gasteiger partial charge in [0.25, 0.3) is 0 Å². The maximum Gasteiger partial charge on any atom is 0.360 e. The van der Waals surface area contributed by atoms with Gasteiger partial charge >= 0.3 is 5.97 Å². The molecular weight excluding hydrogens is 300 g/mol. The number of nitrogens with one attached hydrogen (secondary N) is 1. The molecule has 1 amide bonds. The summed E-state index contributed by atoms with van der Waals surface area (Å²) in [6.07, 6.45) is 0. The van der Waals surface area contributed by atoms with Crippen molar-refractivity contribution < 1.29 is 19.1 Å². The number of nitrogens with zero attached hydrogens (tertiary/aromatic N) is 3. The van der Waals surface area contributed by atoms with Gasteiger partial charge in [-0.1, -0.05) is 5.21 Å². The van der Waals surface area contributed by atoms with E-state index < -0.39 is 12.0 Å². The number of hydrogen-bond acceptors (Lipinski definition) is 6. The number of hydrogen-bond donors (Lipinski definition) is 1. The molecule has 0 bridgehead atoms. The van der Waals surface area contributed by atoms with Crippen LogP contribution in [0.15, 0.2) is 0 Å². The molecule has 0 aliphatic carbocycles. The van der Waals surface area contributed by atoms with Gasteiger partial charge in [0.2, 0.25) is 5.91 Å². The Kier molecular flexibility index (Phi) is 7.10. The third-order valence-corrected chi connectivity index (χ3v) is 2.99. The fourth-order valence-corrected chi connectivity index (χ4v) is 1.89. The lowest BCUT2D eigenvalue weighted by molar-refractivity contribution is -0.124. The molecule has 1 atom stereocenters. The second kappa shape index (κ2) is 8.58. The Labute approximate surface area is 127 Å². The number of amides is 1. The van der Waals surface area contributed by atoms with Crippen LogP contribution in [0.3, 0.4) is 0 Å². The van der Waals surface area contributed by atoms with Crippen LogP contribution in [0.1, 0.15) is 36.1 Å². The summed E-state index contributed by atoms with van der Waals surface area (Å²) >= 11 is 5.84. The summed E-state index contributed by atoms with van der Waals surface area (Å²) in [6.45, 7) is 4.35. The molecule has 0 aliphatic rings. The Hall–Kier alpha value is -1.67. The number of aromatic nitrogens is 3. The summed E-state index contributed by atoms with van der Waals surface area (Å²) < 4.78 is 11.0. The first-order valence-corrected chi connectivity index (χ1v) is 7.04. The highest BCUT2D eigenvalue weighted by molar-refractivity contribution is 6.17. The quantitative estimate of drug-likeness (QED) is 0.426. The minimum absolute atomic E-state index is 0.00314. The minimum Gasteiger partial charge on any atom is -0.461 e. The molecule has 1 aromatic rings. The molecule has 9 heteroatoms. The van der Waals surface area contributed by atoms with Gasteiger partial charge in [-0.05, 0) is 13.8 Å². The predicted molar refractivity (Wildman–Crippen MR) is 75.1 cm³/mol. The van der Waals surface area contributed by atoms with E-state index in [2.05, 4.69) is 15.6 Å². The lowest BCUT2D eigenvalue weighted by Crippen LogP contribution is -2.34. The highest BCUT2D eigenvalue weighted by Crippen LogP contribution is 2.15. The van der Waals surface area contributed by atoms with Gasteiger partial charge in [-0.15, -0.1) is 16.7 Å². The smallest absolute Gasteiger partial charge is 0.360 e. The third kappa shape index (κ3) is 4.40. The molecule has 0 spiro atoms. The molecule has 8 nitrogen and oxygen atoms in total. The Morgan fingerprint density at radius 3 is 2.76 bits per heavy atom. The first-order chi connectivity index (χ1) is 10.1. The Morgan fingerprint density at radius 2 is 2.19 bits per heavy atom. The van der Waals surface area contributed by atoms with E-state index in [9.17, 15) is 9.59 Å². The van der Waals surface area contributed by atoms with Crippen LogP contribution in [0.4, 0.5) is 0 Å². The number of esters is 1. The number of carbonyl (C=O) groups excluding carboxylic acids is 2. The van der Waals surface area contributed by atoms with E-state index in [4.69, 9.17) is 21.1 Å². The second-order valence-electron chi connectivity index (χ2n) is 4.14. The molecule has 1 rings (SSSR count). The topological polar surface area (TPSA) is 95.3 Å². The van der Waals surface area contributed by atoms with Crippen LogP contribution in [0.2, 0.25) is 0 Å². The van der Waals surface area contributed by atoms with Crippen molar-refractivity contribution in [3.63, 3.8) is 0 Å². The van der Waals surface area contributed by atoms with Gasteiger partial charge in [-0.25, -0.2) is 9.48 Å². The number of rotatable bonds is 8. The molecule has 118 valence electrons. The summed E-state index contributed by atoms with van der Waals surface area (Å²) in [5, 5.41) is 10.3. The molecule has 1 aromatic heterocycles. The average molecular weight is 319 g/mol. The summed E-state index contributed by atoms with van der Waals surface area (Å²) in [6, 6.07) is -0.647. The normalized spacial score (nSPS) is 12.0. The number of alkyl halides is 1. The van der Waals surface area contributed by atoms with Crippen molar-refractivity contribution in [3.05, 3.63) is 11.4 Å². The highest BCUT2D eigenvalue weighted by Gasteiger charge is 2.25. The zero-order chi connectivity index (χ0) is 15.8. The largest absolute Gasteiger partial charge is 0.461 e. The molecule has 0 radical (unpaired) electrons. The Balaban J connectivity index is 2.87. The van der Waals surface area contributed by atoms with Gasteiger partial charge in [0.15, 0.2) is 5.69 Å². The van der Waals surface area contributed by atoms with Crippen LogP contribution < -0.4 is 5.32 Å². The molecule has 0 saturated carbocycles. The maximum atomic E-state index is 12.0. The number of methoxy groups -OCH3 is 1. The van der Waals surface area contributed by atoms with E-state index in [1.54, 1.807) is 21.0 Å². The molecule has 1 N–H and O–H groups in total. The fraction of sp³-hybridized carbons (Fsp3) is 0.667. The molecule has 0 aliphatic heterocycles. The number of ether oxygens (including phenoxy) is 2. The van der Waals surface area contributed by atoms with E-state index in [-0.39, 0.29) is 24.1 Å². The molecule has 1 unspecified atom stereocenters. The average Bonchev–Trinajstić information content (AvgIpc) is 2.90. The van der Waals surface area contributed by atoms with Crippen molar-refractivity contribution >= 4 is 23.5 Å². The third-order valence-electron chi connectivity index (χ3n) is 2.74. The van der Waals surface area contributed by atoms with Crippen molar-refractivity contribution in [2.24, 2.45) is 0 Å². The minimum atomic E-state index is -0.647. The lowest BCUT2D eigenvalue weighted by atomic mass is 10.2. The van der Waals surface area contributed by atoms with Crippen LogP contribution >= 0.6 is 11.6 Å². The summed E-state index contributed by atoms with van der Waals surface area (Å²) in [5.74, 6) is -0.873. The van der Waals surface area contributed by atoms with E-state index >= 15 is 0 Å². The van der Waals surface area contributed by atoms with Crippen LogP contribution in [-0.2, 0) is 20.1 Å². The summed E-state index contributed by atoms with van der Waals surface area (Å²) in [7, 11) is 1.55. The molecule has 1 heterocycles. The zero-order valence-electron chi connectivity index (χ0n) is 12.3. The number of carbonyl (C=O) groups is 2. The summed E-state index contributed by atoms with van der Waals surface area (Å²) in [4.78, 5) is 23.7. The van der Waals surface area contributed by atoms with Gasteiger partial charge < -0.3 is 14.8 Å². The Morgan fingerprint density at radius 1 is 1.48 bits per heavy atom. The fourth-order valence-electron chi connectivity index (χ4n) is 1.64. The zero-order valence-corrected chi connectivity index (χ0v) is 13.0. The van der Waals surface area contributed by atoms with E-state index in [0.717, 1.165) is 0 Å². The molecule has 0 saturated heterocycles. The molecule has 0 aromatic carbocycles. The first kappa shape index (κ1) is 17.4. The standard InChI is InChI=1S/C12H19ClN4O4/c1-4-21-12(19)10-9(7-13)17(16-15-10)8(2)11(18)14-5-6-20-3/h8H,4-7H2,1-3H3,(H,14,18). The van der Waals surface area contributed by atoms with E-state index in [0.29, 0.717) is 18.8 Å². The first-order valence-electron chi connectivity index (χ1n) is 6.50. The van der Waals surface area contributed by atoms with Crippen molar-refractivity contribution in [1.82, 2.24) is 20.3 Å².